The van der Waals surface area contributed by atoms with Crippen LogP contribution in [0.4, 0.5) is 0 Å². The topological polar surface area (TPSA) is 69.2 Å². The molecule has 2 aromatic rings. The van der Waals surface area contributed by atoms with Crippen LogP contribution in [0.15, 0.2) is 53.6 Å². The quantitative estimate of drug-likeness (QED) is 0.404. The fraction of sp³-hybridized carbons (Fsp3) is 0.300. The number of ether oxygens (including phenoxy) is 3. The predicted molar refractivity (Wildman–Crippen MR) is 101 cm³/mol. The summed E-state index contributed by atoms with van der Waals surface area (Å²) in [5.74, 6) is 1.30. The van der Waals surface area contributed by atoms with Crippen LogP contribution >= 0.6 is 0 Å². The molecule has 138 valence electrons. The highest BCUT2D eigenvalue weighted by Crippen LogP contribution is 2.15. The Morgan fingerprint density at radius 2 is 1.69 bits per heavy atom. The van der Waals surface area contributed by atoms with Crippen molar-refractivity contribution in [2.45, 2.75) is 13.8 Å². The summed E-state index contributed by atoms with van der Waals surface area (Å²) in [6, 6.07) is 15.4. The standard InChI is InChI=1S/C20H24N2O4/c1-16-7-9-19(10-8-16)25-13-11-24-12-14-26-20-6-4-3-5-18(20)15-21-22-17(2)23/h3-10,15H,11-14H2,1-2H3,(H,22,23)/b21-15+. The molecule has 0 spiro atoms. The number of para-hydroxylation sites is 1. The van der Waals surface area contributed by atoms with E-state index in [1.165, 1.54) is 12.5 Å². The fourth-order valence-electron chi connectivity index (χ4n) is 2.08. The summed E-state index contributed by atoms with van der Waals surface area (Å²) in [7, 11) is 0. The summed E-state index contributed by atoms with van der Waals surface area (Å²) >= 11 is 0. The molecule has 2 rings (SSSR count). The van der Waals surface area contributed by atoms with Crippen LogP contribution in [0.3, 0.4) is 0 Å². The van der Waals surface area contributed by atoms with Crippen molar-refractivity contribution in [3.8, 4) is 11.5 Å². The Morgan fingerprint density at radius 3 is 2.42 bits per heavy atom. The number of rotatable bonds is 10. The number of hydrogen-bond acceptors (Lipinski definition) is 5. The number of nitrogens with one attached hydrogen (secondary N) is 1. The van der Waals surface area contributed by atoms with Gasteiger partial charge in [0, 0.05) is 12.5 Å². The molecule has 0 aromatic heterocycles. The van der Waals surface area contributed by atoms with E-state index in [1.807, 2.05) is 55.5 Å². The second-order valence-electron chi connectivity index (χ2n) is 5.59. The van der Waals surface area contributed by atoms with Gasteiger partial charge in [0.25, 0.3) is 0 Å². The molecule has 2 aromatic carbocycles. The highest BCUT2D eigenvalue weighted by atomic mass is 16.5. The van der Waals surface area contributed by atoms with Gasteiger partial charge in [-0.1, -0.05) is 29.8 Å². The zero-order chi connectivity index (χ0) is 18.6. The van der Waals surface area contributed by atoms with Crippen LogP contribution in [-0.4, -0.2) is 38.5 Å². The first-order chi connectivity index (χ1) is 12.6. The van der Waals surface area contributed by atoms with Crippen molar-refractivity contribution in [2.75, 3.05) is 26.4 Å². The van der Waals surface area contributed by atoms with Crippen LogP contribution < -0.4 is 14.9 Å². The molecule has 0 fully saturated rings. The zero-order valence-electron chi connectivity index (χ0n) is 15.1. The summed E-state index contributed by atoms with van der Waals surface area (Å²) in [5, 5.41) is 3.85. The lowest BCUT2D eigenvalue weighted by Crippen LogP contribution is -2.13. The minimum absolute atomic E-state index is 0.221. The number of nitrogens with zero attached hydrogens (tertiary/aromatic N) is 1. The van der Waals surface area contributed by atoms with Gasteiger partial charge in [0.2, 0.25) is 5.91 Å². The molecule has 0 atom stereocenters. The van der Waals surface area contributed by atoms with E-state index < -0.39 is 0 Å². The lowest BCUT2D eigenvalue weighted by atomic mass is 10.2. The first-order valence-electron chi connectivity index (χ1n) is 8.44. The Balaban J connectivity index is 1.64. The molecule has 0 radical (unpaired) electrons. The van der Waals surface area contributed by atoms with Crippen LogP contribution in [0.2, 0.25) is 0 Å². The molecule has 1 N–H and O–H groups in total. The van der Waals surface area contributed by atoms with Crippen LogP contribution in [0, 0.1) is 6.92 Å². The second-order valence-corrected chi connectivity index (χ2v) is 5.59. The first-order valence-corrected chi connectivity index (χ1v) is 8.44. The largest absolute Gasteiger partial charge is 0.491 e. The number of aryl methyl sites for hydroxylation is 1. The fourth-order valence-corrected chi connectivity index (χ4v) is 2.08. The SMILES string of the molecule is CC(=O)N/N=C/c1ccccc1OCCOCCOc1ccc(C)cc1. The van der Waals surface area contributed by atoms with Crippen molar-refractivity contribution in [1.29, 1.82) is 0 Å². The van der Waals surface area contributed by atoms with Crippen LogP contribution in [0.25, 0.3) is 0 Å². The lowest BCUT2D eigenvalue weighted by molar-refractivity contribution is -0.118. The molecule has 26 heavy (non-hydrogen) atoms. The number of carbonyl (C=O) groups is 1. The number of carbonyl (C=O) groups excluding carboxylic acids is 1. The van der Waals surface area contributed by atoms with E-state index in [0.717, 1.165) is 11.3 Å². The molecule has 0 unspecified atom stereocenters. The summed E-state index contributed by atoms with van der Waals surface area (Å²) in [4.78, 5) is 10.8. The molecule has 0 aliphatic heterocycles. The van der Waals surface area contributed by atoms with Gasteiger partial charge in [-0.05, 0) is 31.2 Å². The average molecular weight is 356 g/mol. The van der Waals surface area contributed by atoms with Gasteiger partial charge in [-0.25, -0.2) is 5.43 Å². The Morgan fingerprint density at radius 1 is 1.00 bits per heavy atom. The Labute approximate surface area is 153 Å². The number of hydrazone groups is 1. The van der Waals surface area contributed by atoms with Gasteiger partial charge in [0.15, 0.2) is 0 Å². The first kappa shape index (κ1) is 19.5. The highest BCUT2D eigenvalue weighted by Gasteiger charge is 2.01. The molecule has 0 heterocycles. The third-order valence-corrected chi connectivity index (χ3v) is 3.35. The smallest absolute Gasteiger partial charge is 0.236 e. The van der Waals surface area contributed by atoms with Crippen molar-refractivity contribution in [1.82, 2.24) is 5.43 Å². The van der Waals surface area contributed by atoms with Gasteiger partial charge in [-0.3, -0.25) is 4.79 Å². The van der Waals surface area contributed by atoms with Gasteiger partial charge in [0.1, 0.15) is 24.7 Å². The summed E-state index contributed by atoms with van der Waals surface area (Å²) in [6.07, 6.45) is 1.55. The maximum absolute atomic E-state index is 10.8. The predicted octanol–water partition coefficient (Wildman–Crippen LogP) is 2.94. The van der Waals surface area contributed by atoms with Gasteiger partial charge in [0.05, 0.1) is 19.4 Å². The summed E-state index contributed by atoms with van der Waals surface area (Å²) in [5.41, 5.74) is 4.35. The van der Waals surface area contributed by atoms with Gasteiger partial charge in [-0.2, -0.15) is 5.10 Å². The van der Waals surface area contributed by atoms with Crippen LogP contribution in [0.1, 0.15) is 18.1 Å². The number of benzene rings is 2. The van der Waals surface area contributed by atoms with E-state index in [2.05, 4.69) is 10.5 Å². The Hall–Kier alpha value is -2.86. The number of amides is 1. The van der Waals surface area contributed by atoms with E-state index in [-0.39, 0.29) is 5.91 Å². The molecular weight excluding hydrogens is 332 g/mol. The monoisotopic (exact) mass is 356 g/mol. The van der Waals surface area contributed by atoms with Gasteiger partial charge < -0.3 is 14.2 Å². The molecule has 0 aliphatic rings. The minimum Gasteiger partial charge on any atom is -0.491 e. The summed E-state index contributed by atoms with van der Waals surface area (Å²) < 4.78 is 16.8. The van der Waals surface area contributed by atoms with E-state index >= 15 is 0 Å². The highest BCUT2D eigenvalue weighted by molar-refractivity contribution is 5.84. The van der Waals surface area contributed by atoms with Crippen molar-refractivity contribution in [3.05, 3.63) is 59.7 Å². The summed E-state index contributed by atoms with van der Waals surface area (Å²) in [6.45, 7) is 5.28. The van der Waals surface area contributed by atoms with Gasteiger partial charge in [-0.15, -0.1) is 0 Å². The molecule has 0 aliphatic carbocycles. The van der Waals surface area contributed by atoms with E-state index in [0.29, 0.717) is 32.2 Å². The molecule has 6 heteroatoms. The maximum atomic E-state index is 10.8. The van der Waals surface area contributed by atoms with E-state index in [9.17, 15) is 4.79 Å². The molecular formula is C20H24N2O4. The zero-order valence-corrected chi connectivity index (χ0v) is 15.1. The third-order valence-electron chi connectivity index (χ3n) is 3.35. The Bertz CT molecular complexity index is 714. The number of hydrogen-bond donors (Lipinski definition) is 1. The van der Waals surface area contributed by atoms with Crippen molar-refractivity contribution in [2.24, 2.45) is 5.10 Å². The van der Waals surface area contributed by atoms with Crippen LogP contribution in [-0.2, 0) is 9.53 Å². The maximum Gasteiger partial charge on any atom is 0.236 e. The Kier molecular flexibility index (Phi) is 8.15. The minimum atomic E-state index is -0.221. The van der Waals surface area contributed by atoms with Crippen LogP contribution in [0.5, 0.6) is 11.5 Å². The molecule has 0 bridgehead atoms. The van der Waals surface area contributed by atoms with Crippen molar-refractivity contribution < 1.29 is 19.0 Å². The molecule has 1 amide bonds. The third kappa shape index (κ3) is 7.36. The van der Waals surface area contributed by atoms with Crippen molar-refractivity contribution >= 4 is 12.1 Å². The molecule has 0 saturated carbocycles. The average Bonchev–Trinajstić information content (AvgIpc) is 2.63. The van der Waals surface area contributed by atoms with E-state index in [1.54, 1.807) is 6.21 Å². The van der Waals surface area contributed by atoms with Gasteiger partial charge >= 0.3 is 0 Å². The normalized spacial score (nSPS) is 10.7. The molecule has 0 saturated heterocycles. The van der Waals surface area contributed by atoms with E-state index in [4.69, 9.17) is 14.2 Å². The molecule has 6 nitrogen and oxygen atoms in total. The lowest BCUT2D eigenvalue weighted by Gasteiger charge is -2.10. The van der Waals surface area contributed by atoms with Crippen molar-refractivity contribution in [3.63, 3.8) is 0 Å². The second kappa shape index (κ2) is 10.9.